The largest absolute Gasteiger partial charge is 0.504 e. The summed E-state index contributed by atoms with van der Waals surface area (Å²) in [5.74, 6) is 0.492. The molecule has 0 saturated carbocycles. The van der Waals surface area contributed by atoms with Crippen LogP contribution in [0.3, 0.4) is 0 Å². The van der Waals surface area contributed by atoms with Gasteiger partial charge >= 0.3 is 0 Å². The molecule has 1 aliphatic heterocycles. The number of phenols is 2. The molecule has 3 rings (SSSR count). The van der Waals surface area contributed by atoms with E-state index in [0.29, 0.717) is 18.3 Å². The van der Waals surface area contributed by atoms with Gasteiger partial charge in [0.25, 0.3) is 0 Å². The third-order valence-electron chi connectivity index (χ3n) is 4.32. The third-order valence-corrected chi connectivity index (χ3v) is 4.32. The maximum absolute atomic E-state index is 13.1. The number of aromatic hydroxyl groups is 2. The van der Waals surface area contributed by atoms with E-state index in [4.69, 9.17) is 4.74 Å². The predicted octanol–water partition coefficient (Wildman–Crippen LogP) is 3.43. The molecule has 2 aromatic rings. The lowest BCUT2D eigenvalue weighted by molar-refractivity contribution is 0.196. The van der Waals surface area contributed by atoms with E-state index in [1.54, 1.807) is 6.07 Å². The van der Waals surface area contributed by atoms with Gasteiger partial charge in [-0.3, -0.25) is 0 Å². The molecule has 0 spiro atoms. The molecular weight excluding hydrogens is 333 g/mol. The first-order chi connectivity index (χ1) is 11.1. The molecule has 6 heteroatoms. The lowest BCUT2D eigenvalue weighted by atomic mass is 9.81. The van der Waals surface area contributed by atoms with Crippen molar-refractivity contribution in [3.05, 3.63) is 53.8 Å². The van der Waals surface area contributed by atoms with E-state index in [9.17, 15) is 14.6 Å². The van der Waals surface area contributed by atoms with Gasteiger partial charge < -0.3 is 20.3 Å². The SMILES string of the molecule is Cl.Oc1ccc(OC[C@@H]2CNCC[C@H]2c2ccc(F)cc2)cc1O. The first-order valence-corrected chi connectivity index (χ1v) is 7.74. The first-order valence-electron chi connectivity index (χ1n) is 7.74. The van der Waals surface area contributed by atoms with Crippen LogP contribution in [-0.4, -0.2) is 29.9 Å². The van der Waals surface area contributed by atoms with Gasteiger partial charge in [-0.25, -0.2) is 4.39 Å². The van der Waals surface area contributed by atoms with Gasteiger partial charge in [-0.05, 0) is 48.7 Å². The van der Waals surface area contributed by atoms with Crippen LogP contribution in [0, 0.1) is 11.7 Å². The van der Waals surface area contributed by atoms with Crippen molar-refractivity contribution in [1.82, 2.24) is 5.32 Å². The molecule has 24 heavy (non-hydrogen) atoms. The monoisotopic (exact) mass is 353 g/mol. The molecule has 0 radical (unpaired) electrons. The van der Waals surface area contributed by atoms with Crippen LogP contribution in [0.4, 0.5) is 4.39 Å². The minimum Gasteiger partial charge on any atom is -0.504 e. The quantitative estimate of drug-likeness (QED) is 0.737. The summed E-state index contributed by atoms with van der Waals surface area (Å²) in [7, 11) is 0. The summed E-state index contributed by atoms with van der Waals surface area (Å²) in [5.41, 5.74) is 1.12. The van der Waals surface area contributed by atoms with Crippen molar-refractivity contribution >= 4 is 12.4 Å². The van der Waals surface area contributed by atoms with Crippen molar-refractivity contribution in [3.8, 4) is 17.2 Å². The van der Waals surface area contributed by atoms with Crippen LogP contribution in [0.5, 0.6) is 17.2 Å². The Morgan fingerprint density at radius 2 is 1.83 bits per heavy atom. The molecule has 1 aliphatic rings. The fourth-order valence-electron chi connectivity index (χ4n) is 3.04. The van der Waals surface area contributed by atoms with Gasteiger partial charge in [0, 0.05) is 18.5 Å². The minimum absolute atomic E-state index is 0. The van der Waals surface area contributed by atoms with Gasteiger partial charge in [0.15, 0.2) is 11.5 Å². The highest BCUT2D eigenvalue weighted by Gasteiger charge is 2.27. The van der Waals surface area contributed by atoms with Gasteiger partial charge in [0.05, 0.1) is 6.61 Å². The van der Waals surface area contributed by atoms with Crippen LogP contribution in [0.1, 0.15) is 17.9 Å². The Labute approximate surface area is 146 Å². The predicted molar refractivity (Wildman–Crippen MR) is 92.6 cm³/mol. The highest BCUT2D eigenvalue weighted by atomic mass is 35.5. The topological polar surface area (TPSA) is 61.7 Å². The molecule has 2 atom stereocenters. The van der Waals surface area contributed by atoms with Crippen molar-refractivity contribution in [2.24, 2.45) is 5.92 Å². The molecule has 0 bridgehead atoms. The third kappa shape index (κ3) is 4.30. The van der Waals surface area contributed by atoms with Gasteiger partial charge in [0.2, 0.25) is 0 Å². The zero-order chi connectivity index (χ0) is 16.2. The molecule has 1 fully saturated rings. The summed E-state index contributed by atoms with van der Waals surface area (Å²) in [6.07, 6.45) is 0.973. The number of rotatable bonds is 4. The number of ether oxygens (including phenoxy) is 1. The Bertz CT molecular complexity index is 666. The average molecular weight is 354 g/mol. The highest BCUT2D eigenvalue weighted by Crippen LogP contribution is 2.32. The van der Waals surface area contributed by atoms with Crippen LogP contribution >= 0.6 is 12.4 Å². The normalized spacial score (nSPS) is 20.2. The van der Waals surface area contributed by atoms with E-state index in [1.807, 2.05) is 12.1 Å². The zero-order valence-electron chi connectivity index (χ0n) is 13.1. The maximum Gasteiger partial charge on any atom is 0.161 e. The number of halogens is 2. The molecule has 0 aromatic heterocycles. The van der Waals surface area contributed by atoms with Crippen LogP contribution < -0.4 is 10.1 Å². The summed E-state index contributed by atoms with van der Waals surface area (Å²) in [4.78, 5) is 0. The molecule has 3 N–H and O–H groups in total. The summed E-state index contributed by atoms with van der Waals surface area (Å²) in [6, 6.07) is 11.1. The van der Waals surface area contributed by atoms with E-state index in [-0.39, 0.29) is 35.6 Å². The average Bonchev–Trinajstić information content (AvgIpc) is 2.57. The molecule has 4 nitrogen and oxygen atoms in total. The number of piperidine rings is 1. The Morgan fingerprint density at radius 1 is 1.08 bits per heavy atom. The number of hydrogen-bond acceptors (Lipinski definition) is 4. The second kappa shape index (κ2) is 8.22. The zero-order valence-corrected chi connectivity index (χ0v) is 13.9. The summed E-state index contributed by atoms with van der Waals surface area (Å²) < 4.78 is 18.9. The van der Waals surface area contributed by atoms with Crippen molar-refractivity contribution in [1.29, 1.82) is 0 Å². The van der Waals surface area contributed by atoms with Crippen LogP contribution in [0.25, 0.3) is 0 Å². The molecule has 0 amide bonds. The maximum atomic E-state index is 13.1. The Balaban J connectivity index is 0.00000208. The van der Waals surface area contributed by atoms with E-state index < -0.39 is 0 Å². The number of benzene rings is 2. The number of hydrogen-bond donors (Lipinski definition) is 3. The lowest BCUT2D eigenvalue weighted by Gasteiger charge is -2.32. The minimum atomic E-state index is -0.227. The van der Waals surface area contributed by atoms with Crippen molar-refractivity contribution < 1.29 is 19.3 Å². The molecule has 1 heterocycles. The molecule has 2 aromatic carbocycles. The van der Waals surface area contributed by atoms with Crippen molar-refractivity contribution in [3.63, 3.8) is 0 Å². The van der Waals surface area contributed by atoms with Gasteiger partial charge in [-0.15, -0.1) is 12.4 Å². The lowest BCUT2D eigenvalue weighted by Crippen LogP contribution is -2.38. The van der Waals surface area contributed by atoms with E-state index >= 15 is 0 Å². The molecule has 130 valence electrons. The van der Waals surface area contributed by atoms with Crippen molar-refractivity contribution in [2.45, 2.75) is 12.3 Å². The van der Waals surface area contributed by atoms with E-state index in [0.717, 1.165) is 25.1 Å². The number of phenolic OH excluding ortho intramolecular Hbond substituents is 2. The molecule has 1 saturated heterocycles. The Kier molecular flexibility index (Phi) is 6.29. The fraction of sp³-hybridized carbons (Fsp3) is 0.333. The van der Waals surface area contributed by atoms with Crippen molar-refractivity contribution in [2.75, 3.05) is 19.7 Å². The van der Waals surface area contributed by atoms with Gasteiger partial charge in [-0.1, -0.05) is 12.1 Å². The summed E-state index contributed by atoms with van der Waals surface area (Å²) >= 11 is 0. The highest BCUT2D eigenvalue weighted by molar-refractivity contribution is 5.85. The molecule has 0 aliphatic carbocycles. The second-order valence-corrected chi connectivity index (χ2v) is 5.87. The molecular formula is C18H21ClFNO3. The Hall–Kier alpha value is -1.98. The van der Waals surface area contributed by atoms with Gasteiger partial charge in [-0.2, -0.15) is 0 Å². The van der Waals surface area contributed by atoms with E-state index in [2.05, 4.69) is 5.32 Å². The van der Waals surface area contributed by atoms with Gasteiger partial charge in [0.1, 0.15) is 11.6 Å². The van der Waals surface area contributed by atoms with Crippen LogP contribution in [-0.2, 0) is 0 Å². The van der Waals surface area contributed by atoms with Crippen LogP contribution in [0.2, 0.25) is 0 Å². The summed E-state index contributed by atoms with van der Waals surface area (Å²) in [6.45, 7) is 2.24. The number of nitrogens with one attached hydrogen (secondary N) is 1. The second-order valence-electron chi connectivity index (χ2n) is 5.87. The van der Waals surface area contributed by atoms with E-state index in [1.165, 1.54) is 24.3 Å². The fourth-order valence-corrected chi connectivity index (χ4v) is 3.04. The first kappa shape index (κ1) is 18.4. The summed E-state index contributed by atoms with van der Waals surface area (Å²) in [5, 5.41) is 22.2. The standard InChI is InChI=1S/C18H20FNO3.ClH/c19-14-3-1-12(2-4-14)16-7-8-20-10-13(16)11-23-15-5-6-17(21)18(22)9-15;/h1-6,9,13,16,20-22H,7-8,10-11H2;1H/t13-,16-;/m0./s1. The molecule has 0 unspecified atom stereocenters. The smallest absolute Gasteiger partial charge is 0.161 e. The van der Waals surface area contributed by atoms with Crippen LogP contribution in [0.15, 0.2) is 42.5 Å². The Morgan fingerprint density at radius 3 is 2.54 bits per heavy atom.